The summed E-state index contributed by atoms with van der Waals surface area (Å²) in [7, 11) is -0.820. The highest BCUT2D eigenvalue weighted by Gasteiger charge is 2.29. The molecule has 8 heteroatoms. The van der Waals surface area contributed by atoms with E-state index in [1.165, 1.54) is 23.5 Å². The Morgan fingerprint density at radius 1 is 0.909 bits per heavy atom. The van der Waals surface area contributed by atoms with Crippen LogP contribution in [0.5, 0.6) is 11.5 Å². The Labute approximate surface area is 197 Å². The average molecular weight is 475 g/mol. The number of carbonyl (C=O) groups is 1. The van der Waals surface area contributed by atoms with Gasteiger partial charge in [-0.15, -0.1) is 0 Å². The predicted molar refractivity (Wildman–Crippen MR) is 130 cm³/mol. The van der Waals surface area contributed by atoms with E-state index < -0.39 is 15.9 Å². The standard InChI is InChI=1S/C25H34N2O5S/c1-25(2,3)19-11-13-21(31-4)20(17-19)26-24(28)18-10-12-22(32-5)23(16-18)33(29,30)27-14-8-6-7-9-15-27/h10-13,16-17H,6-9,14-15H2,1-5H3,(H,26,28). The number of nitrogens with one attached hydrogen (secondary N) is 1. The molecule has 3 rings (SSSR count). The molecule has 0 atom stereocenters. The number of sulfonamides is 1. The number of hydrogen-bond donors (Lipinski definition) is 1. The minimum Gasteiger partial charge on any atom is -0.495 e. The van der Waals surface area contributed by atoms with Crippen molar-refractivity contribution in [1.29, 1.82) is 0 Å². The second-order valence-electron chi connectivity index (χ2n) is 9.30. The molecule has 180 valence electrons. The summed E-state index contributed by atoms with van der Waals surface area (Å²) in [5.41, 5.74) is 1.69. The van der Waals surface area contributed by atoms with Crippen molar-refractivity contribution in [2.24, 2.45) is 0 Å². The molecule has 1 aliphatic heterocycles. The van der Waals surface area contributed by atoms with E-state index in [4.69, 9.17) is 9.47 Å². The number of nitrogens with zero attached hydrogens (tertiary/aromatic N) is 1. The first-order chi connectivity index (χ1) is 15.6. The minimum atomic E-state index is -3.79. The van der Waals surface area contributed by atoms with Gasteiger partial charge in [-0.2, -0.15) is 4.31 Å². The Hall–Kier alpha value is -2.58. The third kappa shape index (κ3) is 5.68. The number of ether oxygens (including phenoxy) is 2. The van der Waals surface area contributed by atoms with Crippen LogP contribution in [-0.4, -0.2) is 45.9 Å². The lowest BCUT2D eigenvalue weighted by atomic mass is 9.87. The van der Waals surface area contributed by atoms with Crippen LogP contribution >= 0.6 is 0 Å². The Balaban J connectivity index is 1.96. The van der Waals surface area contributed by atoms with Gasteiger partial charge in [0, 0.05) is 18.7 Å². The van der Waals surface area contributed by atoms with E-state index in [2.05, 4.69) is 26.1 Å². The maximum atomic E-state index is 13.4. The van der Waals surface area contributed by atoms with Crippen molar-refractivity contribution in [2.75, 3.05) is 32.6 Å². The summed E-state index contributed by atoms with van der Waals surface area (Å²) in [4.78, 5) is 13.1. The van der Waals surface area contributed by atoms with Crippen molar-refractivity contribution < 1.29 is 22.7 Å². The summed E-state index contributed by atoms with van der Waals surface area (Å²) < 4.78 is 39.1. The second kappa shape index (κ2) is 10.1. The van der Waals surface area contributed by atoms with Crippen LogP contribution in [-0.2, 0) is 15.4 Å². The summed E-state index contributed by atoms with van der Waals surface area (Å²) in [5.74, 6) is 0.333. The number of amides is 1. The zero-order valence-corrected chi connectivity index (χ0v) is 20.9. The van der Waals surface area contributed by atoms with Crippen LogP contribution in [0.15, 0.2) is 41.3 Å². The molecule has 0 bridgehead atoms. The smallest absolute Gasteiger partial charge is 0.255 e. The summed E-state index contributed by atoms with van der Waals surface area (Å²) in [6.45, 7) is 7.20. The van der Waals surface area contributed by atoms with Gasteiger partial charge >= 0.3 is 0 Å². The van der Waals surface area contributed by atoms with E-state index in [-0.39, 0.29) is 21.6 Å². The molecule has 1 aliphatic rings. The Morgan fingerprint density at radius 3 is 2.09 bits per heavy atom. The molecule has 0 aliphatic carbocycles. The first kappa shape index (κ1) is 25.1. The first-order valence-electron chi connectivity index (χ1n) is 11.3. The monoisotopic (exact) mass is 474 g/mol. The molecule has 0 unspecified atom stereocenters. The Kier molecular flexibility index (Phi) is 7.69. The lowest BCUT2D eigenvalue weighted by molar-refractivity contribution is 0.102. The molecule has 1 heterocycles. The molecular weight excluding hydrogens is 440 g/mol. The van der Waals surface area contributed by atoms with E-state index in [0.717, 1.165) is 31.2 Å². The van der Waals surface area contributed by atoms with Crippen LogP contribution in [0.3, 0.4) is 0 Å². The summed E-state index contributed by atoms with van der Waals surface area (Å²) in [6, 6.07) is 10.2. The van der Waals surface area contributed by atoms with Crippen molar-refractivity contribution in [3.8, 4) is 11.5 Å². The van der Waals surface area contributed by atoms with Gasteiger partial charge in [0.1, 0.15) is 16.4 Å². The van der Waals surface area contributed by atoms with Gasteiger partial charge < -0.3 is 14.8 Å². The zero-order chi connectivity index (χ0) is 24.2. The maximum Gasteiger partial charge on any atom is 0.255 e. The highest BCUT2D eigenvalue weighted by molar-refractivity contribution is 7.89. The number of anilines is 1. The van der Waals surface area contributed by atoms with Crippen LogP contribution in [0.2, 0.25) is 0 Å². The number of benzene rings is 2. The predicted octanol–water partition coefficient (Wildman–Crippen LogP) is 4.82. The molecule has 2 aromatic carbocycles. The minimum absolute atomic E-state index is 0.00922. The second-order valence-corrected chi connectivity index (χ2v) is 11.2. The van der Waals surface area contributed by atoms with Gasteiger partial charge in [0.25, 0.3) is 5.91 Å². The normalized spacial score (nSPS) is 15.5. The van der Waals surface area contributed by atoms with Crippen molar-refractivity contribution in [3.05, 3.63) is 47.5 Å². The van der Waals surface area contributed by atoms with Gasteiger partial charge in [0.15, 0.2) is 0 Å². The summed E-state index contributed by atoms with van der Waals surface area (Å²) >= 11 is 0. The fourth-order valence-corrected chi connectivity index (χ4v) is 5.61. The lowest BCUT2D eigenvalue weighted by Gasteiger charge is -2.22. The zero-order valence-electron chi connectivity index (χ0n) is 20.1. The summed E-state index contributed by atoms with van der Waals surface area (Å²) in [6.07, 6.45) is 3.68. The van der Waals surface area contributed by atoms with E-state index in [1.54, 1.807) is 13.2 Å². The highest BCUT2D eigenvalue weighted by Crippen LogP contribution is 2.33. The van der Waals surface area contributed by atoms with Crippen LogP contribution in [0.4, 0.5) is 5.69 Å². The van der Waals surface area contributed by atoms with E-state index in [0.29, 0.717) is 24.5 Å². The Morgan fingerprint density at radius 2 is 1.52 bits per heavy atom. The lowest BCUT2D eigenvalue weighted by Crippen LogP contribution is -2.32. The van der Waals surface area contributed by atoms with Crippen molar-refractivity contribution >= 4 is 21.6 Å². The summed E-state index contributed by atoms with van der Waals surface area (Å²) in [5, 5.41) is 2.88. The Bertz CT molecular complexity index is 1100. The molecule has 1 saturated heterocycles. The molecule has 0 aromatic heterocycles. The van der Waals surface area contributed by atoms with Gasteiger partial charge in [0.05, 0.1) is 19.9 Å². The van der Waals surface area contributed by atoms with Crippen LogP contribution in [0.25, 0.3) is 0 Å². The van der Waals surface area contributed by atoms with Crippen LogP contribution in [0.1, 0.15) is 62.4 Å². The topological polar surface area (TPSA) is 84.9 Å². The van der Waals surface area contributed by atoms with Gasteiger partial charge in [-0.3, -0.25) is 4.79 Å². The molecule has 1 fully saturated rings. The molecule has 0 spiro atoms. The van der Waals surface area contributed by atoms with Gasteiger partial charge in [0.2, 0.25) is 10.0 Å². The molecule has 33 heavy (non-hydrogen) atoms. The number of methoxy groups -OCH3 is 2. The molecule has 2 aromatic rings. The maximum absolute atomic E-state index is 13.4. The van der Waals surface area contributed by atoms with Gasteiger partial charge in [-0.05, 0) is 54.2 Å². The van der Waals surface area contributed by atoms with E-state index in [1.807, 2.05) is 18.2 Å². The molecule has 0 saturated carbocycles. The number of hydrogen-bond acceptors (Lipinski definition) is 5. The molecular formula is C25H34N2O5S. The molecule has 7 nitrogen and oxygen atoms in total. The SMILES string of the molecule is COc1ccc(C(C)(C)C)cc1NC(=O)c1ccc(OC)c(S(=O)(=O)N2CCCCCC2)c1. The fraction of sp³-hybridized carbons (Fsp3) is 0.480. The molecule has 1 amide bonds. The third-order valence-electron chi connectivity index (χ3n) is 5.92. The van der Waals surface area contributed by atoms with Gasteiger partial charge in [-0.25, -0.2) is 8.42 Å². The highest BCUT2D eigenvalue weighted by atomic mass is 32.2. The van der Waals surface area contributed by atoms with Crippen molar-refractivity contribution in [1.82, 2.24) is 4.31 Å². The molecule has 1 N–H and O–H groups in total. The number of rotatable bonds is 6. The molecule has 0 radical (unpaired) electrons. The van der Waals surface area contributed by atoms with Crippen LogP contribution in [0, 0.1) is 0 Å². The van der Waals surface area contributed by atoms with E-state index >= 15 is 0 Å². The van der Waals surface area contributed by atoms with Crippen LogP contribution < -0.4 is 14.8 Å². The largest absolute Gasteiger partial charge is 0.495 e. The third-order valence-corrected chi connectivity index (χ3v) is 7.84. The fourth-order valence-electron chi connectivity index (χ4n) is 3.91. The van der Waals surface area contributed by atoms with Gasteiger partial charge in [-0.1, -0.05) is 39.7 Å². The number of carbonyl (C=O) groups excluding carboxylic acids is 1. The van der Waals surface area contributed by atoms with E-state index in [9.17, 15) is 13.2 Å². The van der Waals surface area contributed by atoms with Crippen molar-refractivity contribution in [3.63, 3.8) is 0 Å². The van der Waals surface area contributed by atoms with Crippen molar-refractivity contribution in [2.45, 2.75) is 56.8 Å². The first-order valence-corrected chi connectivity index (χ1v) is 12.7. The average Bonchev–Trinajstić information content (AvgIpc) is 3.08. The quantitative estimate of drug-likeness (QED) is 0.649.